The van der Waals surface area contributed by atoms with E-state index in [9.17, 15) is 4.79 Å². The maximum atomic E-state index is 12.6. The van der Waals surface area contributed by atoms with Crippen molar-refractivity contribution in [3.8, 4) is 0 Å². The fourth-order valence-corrected chi connectivity index (χ4v) is 3.81. The standard InChI is InChI=1S/C16H31N3O.ClH/c17-11-12-18-13-16(20)19(14-7-3-1-4-8-14)15-9-5-2-6-10-15;/h14-15,18H,1-13,17H2;1H. The molecule has 21 heavy (non-hydrogen) atoms. The summed E-state index contributed by atoms with van der Waals surface area (Å²) >= 11 is 0. The van der Waals surface area contributed by atoms with Crippen LogP contribution < -0.4 is 11.1 Å². The number of carbonyl (C=O) groups is 1. The summed E-state index contributed by atoms with van der Waals surface area (Å²) in [6.07, 6.45) is 12.7. The number of hydrogen-bond acceptors (Lipinski definition) is 3. The van der Waals surface area contributed by atoms with Gasteiger partial charge >= 0.3 is 0 Å². The van der Waals surface area contributed by atoms with Crippen molar-refractivity contribution >= 4 is 18.3 Å². The molecule has 0 unspecified atom stereocenters. The summed E-state index contributed by atoms with van der Waals surface area (Å²) in [4.78, 5) is 14.9. The van der Waals surface area contributed by atoms with Gasteiger partial charge in [-0.1, -0.05) is 38.5 Å². The number of halogens is 1. The predicted octanol–water partition coefficient (Wildman–Crippen LogP) is 2.45. The maximum Gasteiger partial charge on any atom is 0.237 e. The Balaban J connectivity index is 0.00000220. The third-order valence-electron chi connectivity index (χ3n) is 4.82. The SMILES string of the molecule is Cl.NCCNCC(=O)N(C1CCCCC1)C1CCCCC1. The largest absolute Gasteiger partial charge is 0.336 e. The molecule has 3 N–H and O–H groups in total. The van der Waals surface area contributed by atoms with Crippen molar-refractivity contribution in [1.82, 2.24) is 10.2 Å². The van der Waals surface area contributed by atoms with Crippen molar-refractivity contribution < 1.29 is 4.79 Å². The van der Waals surface area contributed by atoms with Crippen LogP contribution in [-0.4, -0.2) is 42.5 Å². The van der Waals surface area contributed by atoms with Crippen LogP contribution in [-0.2, 0) is 4.79 Å². The van der Waals surface area contributed by atoms with Gasteiger partial charge in [-0.25, -0.2) is 0 Å². The van der Waals surface area contributed by atoms with Crippen LogP contribution >= 0.6 is 12.4 Å². The van der Waals surface area contributed by atoms with Gasteiger partial charge in [-0.3, -0.25) is 4.79 Å². The van der Waals surface area contributed by atoms with Crippen LogP contribution in [0, 0.1) is 0 Å². The van der Waals surface area contributed by atoms with E-state index in [0.29, 0.717) is 31.1 Å². The first-order valence-corrected chi connectivity index (χ1v) is 8.55. The Bertz CT molecular complexity index is 271. The quantitative estimate of drug-likeness (QED) is 0.740. The van der Waals surface area contributed by atoms with Gasteiger partial charge in [0.1, 0.15) is 0 Å². The Morgan fingerprint density at radius 1 is 0.952 bits per heavy atom. The lowest BCUT2D eigenvalue weighted by Crippen LogP contribution is -2.51. The molecule has 0 saturated heterocycles. The molecule has 1 amide bonds. The Morgan fingerprint density at radius 2 is 1.43 bits per heavy atom. The van der Waals surface area contributed by atoms with Gasteiger partial charge in [0.15, 0.2) is 0 Å². The van der Waals surface area contributed by atoms with E-state index in [-0.39, 0.29) is 12.4 Å². The van der Waals surface area contributed by atoms with Gasteiger partial charge in [0.2, 0.25) is 5.91 Å². The highest BCUT2D eigenvalue weighted by Gasteiger charge is 2.31. The van der Waals surface area contributed by atoms with Gasteiger partial charge in [-0.2, -0.15) is 0 Å². The number of carbonyl (C=O) groups excluding carboxylic acids is 1. The first-order valence-electron chi connectivity index (χ1n) is 8.55. The average Bonchev–Trinajstić information content (AvgIpc) is 2.50. The molecule has 5 heteroatoms. The van der Waals surface area contributed by atoms with E-state index in [1.54, 1.807) is 0 Å². The highest BCUT2D eigenvalue weighted by Crippen LogP contribution is 2.30. The van der Waals surface area contributed by atoms with Gasteiger partial charge in [-0.15, -0.1) is 12.4 Å². The third-order valence-corrected chi connectivity index (χ3v) is 4.82. The lowest BCUT2D eigenvalue weighted by molar-refractivity contribution is -0.137. The van der Waals surface area contributed by atoms with Crippen molar-refractivity contribution in [1.29, 1.82) is 0 Å². The van der Waals surface area contributed by atoms with E-state index >= 15 is 0 Å². The fourth-order valence-electron chi connectivity index (χ4n) is 3.81. The minimum Gasteiger partial charge on any atom is -0.336 e. The topological polar surface area (TPSA) is 58.4 Å². The van der Waals surface area contributed by atoms with Crippen molar-refractivity contribution in [3.63, 3.8) is 0 Å². The molecule has 2 aliphatic rings. The molecule has 2 aliphatic carbocycles. The molecule has 0 bridgehead atoms. The number of nitrogens with one attached hydrogen (secondary N) is 1. The molecule has 0 aliphatic heterocycles. The minimum absolute atomic E-state index is 0. The van der Waals surface area contributed by atoms with Crippen LogP contribution in [0.25, 0.3) is 0 Å². The van der Waals surface area contributed by atoms with Crippen LogP contribution in [0.2, 0.25) is 0 Å². The molecule has 0 aromatic heterocycles. The van der Waals surface area contributed by atoms with E-state index in [1.807, 2.05) is 0 Å². The van der Waals surface area contributed by atoms with Crippen LogP contribution in [0.15, 0.2) is 0 Å². The summed E-state index contributed by atoms with van der Waals surface area (Å²) in [5.41, 5.74) is 5.49. The number of nitrogens with two attached hydrogens (primary N) is 1. The molecule has 2 fully saturated rings. The molecule has 0 heterocycles. The molecule has 0 aromatic carbocycles. The molecule has 0 spiro atoms. The lowest BCUT2D eigenvalue weighted by atomic mass is 9.88. The van der Waals surface area contributed by atoms with Crippen molar-refractivity contribution in [2.75, 3.05) is 19.6 Å². The van der Waals surface area contributed by atoms with Gasteiger partial charge in [-0.05, 0) is 25.7 Å². The molecular weight excluding hydrogens is 286 g/mol. The highest BCUT2D eigenvalue weighted by molar-refractivity contribution is 5.85. The van der Waals surface area contributed by atoms with E-state index in [4.69, 9.17) is 5.73 Å². The van der Waals surface area contributed by atoms with Crippen molar-refractivity contribution in [2.24, 2.45) is 5.73 Å². The van der Waals surface area contributed by atoms with E-state index < -0.39 is 0 Å². The predicted molar refractivity (Wildman–Crippen MR) is 89.8 cm³/mol. The summed E-state index contributed by atoms with van der Waals surface area (Å²) in [6.45, 7) is 1.79. The summed E-state index contributed by atoms with van der Waals surface area (Å²) in [6, 6.07) is 0.998. The van der Waals surface area contributed by atoms with Crippen molar-refractivity contribution in [2.45, 2.75) is 76.3 Å². The zero-order valence-corrected chi connectivity index (χ0v) is 14.0. The second-order valence-electron chi connectivity index (χ2n) is 6.35. The Hall–Kier alpha value is -0.320. The molecule has 2 saturated carbocycles. The number of amides is 1. The Labute approximate surface area is 135 Å². The van der Waals surface area contributed by atoms with Gasteiger partial charge in [0, 0.05) is 25.2 Å². The minimum atomic E-state index is 0. The summed E-state index contributed by atoms with van der Waals surface area (Å²) in [5.74, 6) is 0.303. The fraction of sp³-hybridized carbons (Fsp3) is 0.938. The molecule has 4 nitrogen and oxygen atoms in total. The molecule has 124 valence electrons. The van der Waals surface area contributed by atoms with Crippen LogP contribution in [0.3, 0.4) is 0 Å². The van der Waals surface area contributed by atoms with Crippen LogP contribution in [0.5, 0.6) is 0 Å². The normalized spacial score (nSPS) is 20.8. The summed E-state index contributed by atoms with van der Waals surface area (Å²) in [5, 5.41) is 3.18. The van der Waals surface area contributed by atoms with E-state index in [0.717, 1.165) is 6.54 Å². The molecule has 0 radical (unpaired) electrons. The van der Waals surface area contributed by atoms with E-state index in [1.165, 1.54) is 64.2 Å². The second-order valence-corrected chi connectivity index (χ2v) is 6.35. The monoisotopic (exact) mass is 317 g/mol. The maximum absolute atomic E-state index is 12.6. The highest BCUT2D eigenvalue weighted by atomic mass is 35.5. The van der Waals surface area contributed by atoms with Crippen LogP contribution in [0.1, 0.15) is 64.2 Å². The van der Waals surface area contributed by atoms with Crippen LogP contribution in [0.4, 0.5) is 0 Å². The summed E-state index contributed by atoms with van der Waals surface area (Å²) < 4.78 is 0. The van der Waals surface area contributed by atoms with Gasteiger partial charge in [0.25, 0.3) is 0 Å². The zero-order chi connectivity index (χ0) is 14.2. The average molecular weight is 318 g/mol. The second kappa shape index (κ2) is 10.4. The lowest BCUT2D eigenvalue weighted by Gasteiger charge is -2.42. The molecular formula is C16H32ClN3O. The number of hydrogen-bond donors (Lipinski definition) is 2. The first kappa shape index (κ1) is 18.7. The van der Waals surface area contributed by atoms with Gasteiger partial charge in [0.05, 0.1) is 6.54 Å². The summed E-state index contributed by atoms with van der Waals surface area (Å²) in [7, 11) is 0. The Morgan fingerprint density at radius 3 is 1.86 bits per heavy atom. The molecule has 0 atom stereocenters. The first-order chi connectivity index (χ1) is 9.83. The zero-order valence-electron chi connectivity index (χ0n) is 13.2. The molecule has 0 aromatic rings. The van der Waals surface area contributed by atoms with Gasteiger partial charge < -0.3 is 16.0 Å². The third kappa shape index (κ3) is 5.76. The number of nitrogens with zero attached hydrogens (tertiary/aromatic N) is 1. The Kier molecular flexibility index (Phi) is 9.29. The molecule has 2 rings (SSSR count). The van der Waals surface area contributed by atoms with Crippen molar-refractivity contribution in [3.05, 3.63) is 0 Å². The smallest absolute Gasteiger partial charge is 0.237 e. The van der Waals surface area contributed by atoms with E-state index in [2.05, 4.69) is 10.2 Å². The number of rotatable bonds is 6.